The quantitative estimate of drug-likeness (QED) is 0.845. The maximum atomic E-state index is 12.1. The summed E-state index contributed by atoms with van der Waals surface area (Å²) in [5, 5.41) is 9.38. The Kier molecular flexibility index (Phi) is 5.12. The number of methoxy groups -OCH3 is 2. The summed E-state index contributed by atoms with van der Waals surface area (Å²) < 4.78 is 16.1. The summed E-state index contributed by atoms with van der Waals surface area (Å²) in [6, 6.07) is 12.7. The van der Waals surface area contributed by atoms with Crippen molar-refractivity contribution in [3.8, 4) is 17.2 Å². The van der Waals surface area contributed by atoms with Gasteiger partial charge in [-0.15, -0.1) is 0 Å². The highest BCUT2D eigenvalue weighted by Crippen LogP contribution is 2.36. The van der Waals surface area contributed by atoms with Gasteiger partial charge in [-0.1, -0.05) is 18.2 Å². The molecule has 1 fully saturated rings. The smallest absolute Gasteiger partial charge is 0.309 e. The third-order valence-corrected chi connectivity index (χ3v) is 4.63. The van der Waals surface area contributed by atoms with E-state index in [-0.39, 0.29) is 23.6 Å². The van der Waals surface area contributed by atoms with Gasteiger partial charge in [0.2, 0.25) is 0 Å². The molecular formula is C20H22O5. The van der Waals surface area contributed by atoms with Gasteiger partial charge >= 0.3 is 5.97 Å². The van der Waals surface area contributed by atoms with Crippen LogP contribution in [-0.2, 0) is 16.0 Å². The molecule has 0 aliphatic carbocycles. The fraction of sp³-hybridized carbons (Fsp3) is 0.350. The molecule has 132 valence electrons. The third kappa shape index (κ3) is 3.87. The van der Waals surface area contributed by atoms with Crippen molar-refractivity contribution in [3.63, 3.8) is 0 Å². The number of phenolic OH excluding ortho intramolecular Hbond substituents is 1. The van der Waals surface area contributed by atoms with Crippen LogP contribution in [0, 0.1) is 5.92 Å². The molecular weight excluding hydrogens is 320 g/mol. The Bertz CT molecular complexity index is 738. The Morgan fingerprint density at radius 1 is 1.08 bits per heavy atom. The Labute approximate surface area is 147 Å². The highest BCUT2D eigenvalue weighted by atomic mass is 16.5. The number of benzene rings is 2. The first-order valence-corrected chi connectivity index (χ1v) is 8.27. The number of rotatable bonds is 5. The van der Waals surface area contributed by atoms with Gasteiger partial charge in [-0.2, -0.15) is 0 Å². The predicted molar refractivity (Wildman–Crippen MR) is 93.2 cm³/mol. The van der Waals surface area contributed by atoms with Crippen molar-refractivity contribution in [3.05, 3.63) is 53.6 Å². The molecule has 3 rings (SSSR count). The van der Waals surface area contributed by atoms with Crippen LogP contribution in [0.2, 0.25) is 0 Å². The lowest BCUT2D eigenvalue weighted by molar-refractivity contribution is -0.154. The molecule has 5 heteroatoms. The molecule has 2 aromatic carbocycles. The fourth-order valence-electron chi connectivity index (χ4n) is 3.23. The summed E-state index contributed by atoms with van der Waals surface area (Å²) in [6.45, 7) is 0.375. The number of aromatic hydroxyl groups is 1. The van der Waals surface area contributed by atoms with Crippen molar-refractivity contribution in [1.29, 1.82) is 0 Å². The van der Waals surface area contributed by atoms with Gasteiger partial charge in [-0.25, -0.2) is 0 Å². The molecule has 2 aromatic rings. The zero-order valence-corrected chi connectivity index (χ0v) is 14.4. The molecule has 0 bridgehead atoms. The van der Waals surface area contributed by atoms with Gasteiger partial charge < -0.3 is 19.3 Å². The van der Waals surface area contributed by atoms with Crippen molar-refractivity contribution in [2.24, 2.45) is 5.92 Å². The van der Waals surface area contributed by atoms with E-state index in [1.54, 1.807) is 26.4 Å². The van der Waals surface area contributed by atoms with Crippen molar-refractivity contribution in [2.45, 2.75) is 18.8 Å². The van der Waals surface area contributed by atoms with Crippen LogP contribution in [-0.4, -0.2) is 31.9 Å². The molecule has 0 amide bonds. The summed E-state index contributed by atoms with van der Waals surface area (Å²) in [4.78, 5) is 12.1. The fourth-order valence-corrected chi connectivity index (χ4v) is 3.23. The third-order valence-electron chi connectivity index (χ3n) is 4.63. The Morgan fingerprint density at radius 3 is 2.48 bits per heavy atom. The molecule has 2 atom stereocenters. The number of carbonyl (C=O) groups is 1. The van der Waals surface area contributed by atoms with Gasteiger partial charge in [-0.3, -0.25) is 4.79 Å². The SMILES string of the molecule is COc1ccc([C@H]2COC(=O)C(Cc3ccc(O)cc3)C2)cc1OC. The first-order valence-electron chi connectivity index (χ1n) is 8.27. The first kappa shape index (κ1) is 17.1. The highest BCUT2D eigenvalue weighted by molar-refractivity contribution is 5.74. The van der Waals surface area contributed by atoms with E-state index in [9.17, 15) is 9.90 Å². The number of hydrogen-bond donors (Lipinski definition) is 1. The van der Waals surface area contributed by atoms with Crippen LogP contribution < -0.4 is 9.47 Å². The second-order valence-corrected chi connectivity index (χ2v) is 6.24. The van der Waals surface area contributed by atoms with Crippen LogP contribution in [0.1, 0.15) is 23.5 Å². The minimum atomic E-state index is -0.198. The van der Waals surface area contributed by atoms with Gasteiger partial charge in [0, 0.05) is 5.92 Å². The van der Waals surface area contributed by atoms with Crippen LogP contribution >= 0.6 is 0 Å². The van der Waals surface area contributed by atoms with Crippen molar-refractivity contribution in [2.75, 3.05) is 20.8 Å². The Morgan fingerprint density at radius 2 is 1.80 bits per heavy atom. The Hall–Kier alpha value is -2.69. The lowest BCUT2D eigenvalue weighted by atomic mass is 9.84. The zero-order valence-electron chi connectivity index (χ0n) is 14.4. The Balaban J connectivity index is 1.75. The van der Waals surface area contributed by atoms with E-state index in [4.69, 9.17) is 14.2 Å². The van der Waals surface area contributed by atoms with E-state index >= 15 is 0 Å². The minimum Gasteiger partial charge on any atom is -0.508 e. The predicted octanol–water partition coefficient (Wildman–Crippen LogP) is 3.30. The van der Waals surface area contributed by atoms with Gasteiger partial charge in [-0.05, 0) is 48.2 Å². The molecule has 1 aliphatic heterocycles. The topological polar surface area (TPSA) is 65.0 Å². The summed E-state index contributed by atoms with van der Waals surface area (Å²) in [6.07, 6.45) is 1.32. The molecule has 25 heavy (non-hydrogen) atoms. The van der Waals surface area contributed by atoms with Crippen molar-refractivity contribution in [1.82, 2.24) is 0 Å². The van der Waals surface area contributed by atoms with E-state index in [1.807, 2.05) is 30.3 Å². The number of phenols is 1. The van der Waals surface area contributed by atoms with E-state index in [0.29, 0.717) is 24.5 Å². The maximum absolute atomic E-state index is 12.1. The van der Waals surface area contributed by atoms with E-state index in [2.05, 4.69) is 0 Å². The van der Waals surface area contributed by atoms with Crippen LogP contribution in [0.4, 0.5) is 0 Å². The second-order valence-electron chi connectivity index (χ2n) is 6.24. The lowest BCUT2D eigenvalue weighted by Crippen LogP contribution is -2.30. The molecule has 0 aromatic heterocycles. The monoisotopic (exact) mass is 342 g/mol. The molecule has 1 saturated heterocycles. The molecule has 0 spiro atoms. The maximum Gasteiger partial charge on any atom is 0.309 e. The standard InChI is InChI=1S/C20H22O5/c1-23-18-8-5-14(11-19(18)24-2)16-10-15(20(22)25-12-16)9-13-3-6-17(21)7-4-13/h3-8,11,15-16,21H,9-10,12H2,1-2H3/t15?,16-/m1/s1. The van der Waals surface area contributed by atoms with Crippen LogP contribution in [0.5, 0.6) is 17.2 Å². The van der Waals surface area contributed by atoms with Crippen LogP contribution in [0.3, 0.4) is 0 Å². The van der Waals surface area contributed by atoms with Crippen molar-refractivity contribution >= 4 is 5.97 Å². The summed E-state index contributed by atoms with van der Waals surface area (Å²) in [5.41, 5.74) is 2.08. The van der Waals surface area contributed by atoms with Gasteiger partial charge in [0.15, 0.2) is 11.5 Å². The first-order chi connectivity index (χ1) is 12.1. The summed E-state index contributed by atoms with van der Waals surface area (Å²) >= 11 is 0. The van der Waals surface area contributed by atoms with Crippen LogP contribution in [0.15, 0.2) is 42.5 Å². The van der Waals surface area contributed by atoms with E-state index in [0.717, 1.165) is 17.5 Å². The number of ether oxygens (including phenoxy) is 3. The van der Waals surface area contributed by atoms with Gasteiger partial charge in [0.05, 0.1) is 26.7 Å². The van der Waals surface area contributed by atoms with Crippen molar-refractivity contribution < 1.29 is 24.1 Å². The zero-order chi connectivity index (χ0) is 17.8. The average Bonchev–Trinajstić information content (AvgIpc) is 2.64. The van der Waals surface area contributed by atoms with E-state index < -0.39 is 0 Å². The summed E-state index contributed by atoms with van der Waals surface area (Å²) in [5.74, 6) is 1.34. The second kappa shape index (κ2) is 7.47. The van der Waals surface area contributed by atoms with E-state index in [1.165, 1.54) is 0 Å². The normalized spacial score (nSPS) is 20.0. The molecule has 5 nitrogen and oxygen atoms in total. The molecule has 1 heterocycles. The van der Waals surface area contributed by atoms with Gasteiger partial charge in [0.25, 0.3) is 0 Å². The molecule has 0 radical (unpaired) electrons. The number of hydrogen-bond acceptors (Lipinski definition) is 5. The molecule has 0 saturated carbocycles. The lowest BCUT2D eigenvalue weighted by Gasteiger charge is -2.29. The largest absolute Gasteiger partial charge is 0.508 e. The number of cyclic esters (lactones) is 1. The minimum absolute atomic E-state index is 0.125. The van der Waals surface area contributed by atoms with Crippen LogP contribution in [0.25, 0.3) is 0 Å². The average molecular weight is 342 g/mol. The number of esters is 1. The molecule has 1 N–H and O–H groups in total. The molecule has 1 unspecified atom stereocenters. The highest BCUT2D eigenvalue weighted by Gasteiger charge is 2.31. The molecule has 1 aliphatic rings. The number of carbonyl (C=O) groups excluding carboxylic acids is 1. The van der Waals surface area contributed by atoms with Gasteiger partial charge in [0.1, 0.15) is 5.75 Å². The summed E-state index contributed by atoms with van der Waals surface area (Å²) in [7, 11) is 3.21.